The standard InChI is InChI=1S/C36H58O8/c1-4-22-36(23-10-11-24-36)32(44-34-17-9-13-26-41-34)21-19-28-18-20-30(42-27(2)37)29(28)14-6-5-7-15-31(35(38)39-3)43-33-16-8-12-25-40-33/h5-6,19,21,28-34H,4,7-18,20,22-26H2,1-3H3/t28-,29-,30+,31?,32+,33?,34?/m1/s1. The van der Waals surface area contributed by atoms with Gasteiger partial charge < -0.3 is 28.4 Å². The van der Waals surface area contributed by atoms with Crippen LogP contribution >= 0.6 is 0 Å². The van der Waals surface area contributed by atoms with Crippen LogP contribution in [0.4, 0.5) is 0 Å². The Hall–Kier alpha value is -1.74. The van der Waals surface area contributed by atoms with E-state index in [0.717, 1.165) is 70.8 Å². The van der Waals surface area contributed by atoms with E-state index in [4.69, 9.17) is 28.4 Å². The number of carbonyl (C=O) groups is 2. The van der Waals surface area contributed by atoms with Crippen LogP contribution < -0.4 is 0 Å². The highest BCUT2D eigenvalue weighted by atomic mass is 16.7. The fourth-order valence-electron chi connectivity index (χ4n) is 7.85. The van der Waals surface area contributed by atoms with Gasteiger partial charge in [0.05, 0.1) is 13.2 Å². The third-order valence-electron chi connectivity index (χ3n) is 10.1. The Morgan fingerprint density at radius 1 is 0.909 bits per heavy atom. The molecule has 0 radical (unpaired) electrons. The first kappa shape index (κ1) is 35.1. The predicted octanol–water partition coefficient (Wildman–Crippen LogP) is 7.58. The zero-order chi connectivity index (χ0) is 31.2. The third-order valence-corrected chi connectivity index (χ3v) is 10.1. The van der Waals surface area contributed by atoms with E-state index in [1.54, 1.807) is 0 Å². The van der Waals surface area contributed by atoms with Gasteiger partial charge in [0.1, 0.15) is 6.10 Å². The van der Waals surface area contributed by atoms with Crippen molar-refractivity contribution < 1.29 is 38.0 Å². The zero-order valence-corrected chi connectivity index (χ0v) is 27.6. The Balaban J connectivity index is 1.40. The van der Waals surface area contributed by atoms with E-state index in [-0.39, 0.29) is 48.1 Å². The van der Waals surface area contributed by atoms with Crippen LogP contribution in [0.3, 0.4) is 0 Å². The lowest BCUT2D eigenvalue weighted by Crippen LogP contribution is -2.38. The molecular weight excluding hydrogens is 560 g/mol. The van der Waals surface area contributed by atoms with E-state index in [9.17, 15) is 9.59 Å². The maximum atomic E-state index is 12.4. The lowest BCUT2D eigenvalue weighted by atomic mass is 9.75. The summed E-state index contributed by atoms with van der Waals surface area (Å²) < 4.78 is 35.2. The SMILES string of the molecule is CCCC1([C@H](C=C[C@H]2CC[C@H](OC(C)=O)[C@@H]2CC=CCCC(OC2CCCCO2)C(=O)OC)OC2CCCCO2)CCCC1. The molecule has 2 aliphatic heterocycles. The van der Waals surface area contributed by atoms with Gasteiger partial charge in [0, 0.05) is 31.5 Å². The average molecular weight is 619 g/mol. The lowest BCUT2D eigenvalue weighted by molar-refractivity contribution is -0.203. The van der Waals surface area contributed by atoms with Crippen molar-refractivity contribution >= 4 is 11.9 Å². The fourth-order valence-corrected chi connectivity index (χ4v) is 7.85. The van der Waals surface area contributed by atoms with Crippen molar-refractivity contribution in [1.82, 2.24) is 0 Å². The van der Waals surface area contributed by atoms with Gasteiger partial charge in [-0.25, -0.2) is 4.79 Å². The van der Waals surface area contributed by atoms with Crippen molar-refractivity contribution in [1.29, 1.82) is 0 Å². The molecule has 44 heavy (non-hydrogen) atoms. The molecule has 0 aromatic rings. The zero-order valence-electron chi connectivity index (χ0n) is 27.6. The summed E-state index contributed by atoms with van der Waals surface area (Å²) in [5.74, 6) is -0.0776. The average Bonchev–Trinajstić information content (AvgIpc) is 3.66. The Labute approximate surface area is 265 Å². The van der Waals surface area contributed by atoms with Crippen LogP contribution in [0.1, 0.15) is 123 Å². The molecule has 0 spiro atoms. The fraction of sp³-hybridized carbons (Fsp3) is 0.833. The molecule has 250 valence electrons. The minimum Gasteiger partial charge on any atom is -0.467 e. The summed E-state index contributed by atoms with van der Waals surface area (Å²) in [6.45, 7) is 5.23. The minimum atomic E-state index is -0.639. The minimum absolute atomic E-state index is 0.0421. The first-order chi connectivity index (χ1) is 21.4. The van der Waals surface area contributed by atoms with Crippen LogP contribution in [-0.2, 0) is 38.0 Å². The Morgan fingerprint density at radius 3 is 2.23 bits per heavy atom. The molecule has 0 aromatic heterocycles. The van der Waals surface area contributed by atoms with Gasteiger partial charge in [-0.2, -0.15) is 0 Å². The van der Waals surface area contributed by atoms with E-state index in [1.165, 1.54) is 46.1 Å². The second-order valence-corrected chi connectivity index (χ2v) is 13.3. The Bertz CT molecular complexity index is 913. The summed E-state index contributed by atoms with van der Waals surface area (Å²) in [5, 5.41) is 0. The summed E-state index contributed by atoms with van der Waals surface area (Å²) in [6, 6.07) is 0. The molecule has 2 saturated carbocycles. The normalized spacial score (nSPS) is 30.5. The number of ether oxygens (including phenoxy) is 6. The first-order valence-electron chi connectivity index (χ1n) is 17.6. The smallest absolute Gasteiger partial charge is 0.335 e. The number of allylic oxidation sites excluding steroid dienone is 3. The Kier molecular flexibility index (Phi) is 14.7. The highest BCUT2D eigenvalue weighted by Gasteiger charge is 2.42. The summed E-state index contributed by atoms with van der Waals surface area (Å²) in [6.07, 6.45) is 25.1. The molecule has 0 amide bonds. The van der Waals surface area contributed by atoms with Crippen LogP contribution in [-0.4, -0.2) is 63.2 Å². The molecule has 0 N–H and O–H groups in total. The number of rotatable bonds is 16. The number of methoxy groups -OCH3 is 1. The summed E-state index contributed by atoms with van der Waals surface area (Å²) in [4.78, 5) is 24.3. The van der Waals surface area contributed by atoms with Gasteiger partial charge in [0.2, 0.25) is 0 Å². The number of carbonyl (C=O) groups excluding carboxylic acids is 2. The van der Waals surface area contributed by atoms with Crippen molar-refractivity contribution in [3.05, 3.63) is 24.3 Å². The van der Waals surface area contributed by atoms with Gasteiger partial charge in [-0.05, 0) is 95.8 Å². The van der Waals surface area contributed by atoms with Crippen LogP contribution in [0.15, 0.2) is 24.3 Å². The maximum Gasteiger partial charge on any atom is 0.335 e. The highest BCUT2D eigenvalue weighted by molar-refractivity contribution is 5.74. The molecule has 2 saturated heterocycles. The van der Waals surface area contributed by atoms with E-state index in [2.05, 4.69) is 31.2 Å². The van der Waals surface area contributed by atoms with E-state index in [0.29, 0.717) is 25.4 Å². The quantitative estimate of drug-likeness (QED) is 0.129. The van der Waals surface area contributed by atoms with Gasteiger partial charge in [-0.1, -0.05) is 50.5 Å². The topological polar surface area (TPSA) is 89.5 Å². The first-order valence-corrected chi connectivity index (χ1v) is 17.6. The third kappa shape index (κ3) is 10.4. The summed E-state index contributed by atoms with van der Waals surface area (Å²) in [5.41, 5.74) is 0.177. The van der Waals surface area contributed by atoms with Crippen LogP contribution in [0, 0.1) is 17.3 Å². The molecule has 7 atom stereocenters. The summed E-state index contributed by atoms with van der Waals surface area (Å²) >= 11 is 0. The molecule has 4 aliphatic rings. The molecule has 0 aromatic carbocycles. The molecule has 0 bridgehead atoms. The van der Waals surface area contributed by atoms with Crippen molar-refractivity contribution in [2.24, 2.45) is 17.3 Å². The molecular formula is C36H58O8. The van der Waals surface area contributed by atoms with Gasteiger partial charge >= 0.3 is 11.9 Å². The summed E-state index contributed by atoms with van der Waals surface area (Å²) in [7, 11) is 1.40. The molecule has 2 heterocycles. The number of hydrogen-bond acceptors (Lipinski definition) is 8. The van der Waals surface area contributed by atoms with Crippen molar-refractivity contribution in [2.75, 3.05) is 20.3 Å². The monoisotopic (exact) mass is 618 g/mol. The van der Waals surface area contributed by atoms with E-state index < -0.39 is 6.10 Å². The van der Waals surface area contributed by atoms with Gasteiger partial charge in [-0.15, -0.1) is 0 Å². The van der Waals surface area contributed by atoms with Gasteiger partial charge in [0.15, 0.2) is 18.7 Å². The van der Waals surface area contributed by atoms with Crippen LogP contribution in [0.5, 0.6) is 0 Å². The molecule has 8 heteroatoms. The number of esters is 2. The lowest BCUT2D eigenvalue weighted by Gasteiger charge is -2.39. The van der Waals surface area contributed by atoms with Crippen LogP contribution in [0.25, 0.3) is 0 Å². The van der Waals surface area contributed by atoms with Crippen molar-refractivity contribution in [3.8, 4) is 0 Å². The van der Waals surface area contributed by atoms with Crippen molar-refractivity contribution in [3.63, 3.8) is 0 Å². The molecule has 2 aliphatic carbocycles. The molecule has 3 unspecified atom stereocenters. The van der Waals surface area contributed by atoms with E-state index >= 15 is 0 Å². The van der Waals surface area contributed by atoms with Crippen molar-refractivity contribution in [2.45, 2.75) is 154 Å². The Morgan fingerprint density at radius 2 is 1.61 bits per heavy atom. The molecule has 4 fully saturated rings. The molecule has 8 nitrogen and oxygen atoms in total. The predicted molar refractivity (Wildman–Crippen MR) is 169 cm³/mol. The van der Waals surface area contributed by atoms with Crippen LogP contribution in [0.2, 0.25) is 0 Å². The number of hydrogen-bond donors (Lipinski definition) is 0. The second-order valence-electron chi connectivity index (χ2n) is 13.3. The molecule has 4 rings (SSSR count). The van der Waals surface area contributed by atoms with Gasteiger partial charge in [-0.3, -0.25) is 4.79 Å². The highest BCUT2D eigenvalue weighted by Crippen LogP contribution is 2.48. The second kappa shape index (κ2) is 18.4. The maximum absolute atomic E-state index is 12.4. The van der Waals surface area contributed by atoms with Gasteiger partial charge in [0.25, 0.3) is 0 Å². The van der Waals surface area contributed by atoms with E-state index in [1.807, 2.05) is 0 Å². The largest absolute Gasteiger partial charge is 0.467 e.